The molecule has 2 aromatic heterocycles. The number of benzene rings is 2. The molecule has 35 heavy (non-hydrogen) atoms. The minimum atomic E-state index is -0.608. The van der Waals surface area contributed by atoms with Crippen LogP contribution in [0, 0.1) is 13.8 Å². The molecule has 0 amide bonds. The van der Waals surface area contributed by atoms with Gasteiger partial charge in [-0.1, -0.05) is 0 Å². The quantitative estimate of drug-likeness (QED) is 0.215. The molecular weight excluding hydrogens is 480 g/mol. The van der Waals surface area contributed by atoms with E-state index in [4.69, 9.17) is 14.2 Å². The number of rotatable bonds is 6. The third-order valence-corrected chi connectivity index (χ3v) is 8.17. The second-order valence-corrected chi connectivity index (χ2v) is 10.6. The number of hydrogen-bond donors (Lipinski definition) is 0. The molecule has 5 nitrogen and oxygen atoms in total. The van der Waals surface area contributed by atoms with Crippen molar-refractivity contribution in [3.8, 4) is 32.4 Å². The first kappa shape index (κ1) is 23.1. The van der Waals surface area contributed by atoms with Crippen molar-refractivity contribution in [2.45, 2.75) is 13.8 Å². The molecule has 0 saturated carbocycles. The second-order valence-electron chi connectivity index (χ2n) is 8.05. The Morgan fingerprint density at radius 2 is 1.00 bits per heavy atom. The Morgan fingerprint density at radius 1 is 0.629 bits per heavy atom. The van der Waals surface area contributed by atoms with Gasteiger partial charge in [-0.05, 0) is 85.6 Å². The number of aryl methyl sites for hydroxylation is 2. The van der Waals surface area contributed by atoms with Crippen LogP contribution in [0.5, 0.6) is 11.5 Å². The summed E-state index contributed by atoms with van der Waals surface area (Å²) in [4.78, 5) is 29.7. The highest BCUT2D eigenvalue weighted by atomic mass is 32.1. The fourth-order valence-electron chi connectivity index (χ4n) is 4.14. The molecule has 7 heteroatoms. The monoisotopic (exact) mass is 502 g/mol. The van der Waals surface area contributed by atoms with E-state index in [9.17, 15) is 9.59 Å². The Morgan fingerprint density at radius 3 is 1.34 bits per heavy atom. The third-order valence-electron chi connectivity index (χ3n) is 5.97. The first-order chi connectivity index (χ1) is 16.9. The zero-order valence-electron chi connectivity index (χ0n) is 19.6. The summed E-state index contributed by atoms with van der Waals surface area (Å²) in [6, 6.07) is 19.4. The van der Waals surface area contributed by atoms with Crippen LogP contribution >= 0.6 is 22.7 Å². The van der Waals surface area contributed by atoms with Gasteiger partial charge in [-0.25, -0.2) is 9.59 Å². The fourth-order valence-corrected chi connectivity index (χ4v) is 6.20. The molecule has 0 spiro atoms. The van der Waals surface area contributed by atoms with Crippen LogP contribution < -0.4 is 9.47 Å². The molecule has 0 aliphatic carbocycles. The minimum Gasteiger partial charge on any atom is -0.497 e. The normalized spacial score (nSPS) is 13.4. The highest BCUT2D eigenvalue weighted by molar-refractivity contribution is 7.16. The maximum absolute atomic E-state index is 12.9. The van der Waals surface area contributed by atoms with Crippen molar-refractivity contribution in [2.24, 2.45) is 0 Å². The van der Waals surface area contributed by atoms with Crippen molar-refractivity contribution >= 4 is 45.8 Å². The number of carbonyl (C=O) groups is 2. The van der Waals surface area contributed by atoms with Crippen molar-refractivity contribution < 1.29 is 23.8 Å². The van der Waals surface area contributed by atoms with Gasteiger partial charge in [0.25, 0.3) is 0 Å². The lowest BCUT2D eigenvalue weighted by Gasteiger charge is -2.02. The van der Waals surface area contributed by atoms with Gasteiger partial charge in [-0.15, -0.1) is 22.7 Å². The van der Waals surface area contributed by atoms with E-state index in [0.717, 1.165) is 53.3 Å². The van der Waals surface area contributed by atoms with Gasteiger partial charge in [-0.2, -0.15) is 0 Å². The van der Waals surface area contributed by atoms with Gasteiger partial charge in [0.15, 0.2) is 0 Å². The first-order valence-electron chi connectivity index (χ1n) is 10.9. The van der Waals surface area contributed by atoms with Crippen LogP contribution in [-0.4, -0.2) is 26.2 Å². The van der Waals surface area contributed by atoms with Gasteiger partial charge < -0.3 is 14.2 Å². The van der Waals surface area contributed by atoms with E-state index in [0.29, 0.717) is 11.1 Å². The van der Waals surface area contributed by atoms with E-state index < -0.39 is 11.9 Å². The zero-order chi connectivity index (χ0) is 24.7. The maximum atomic E-state index is 12.9. The van der Waals surface area contributed by atoms with Gasteiger partial charge in [0.1, 0.15) is 11.5 Å². The third kappa shape index (κ3) is 4.17. The number of cyclic esters (lactones) is 2. The van der Waals surface area contributed by atoms with Gasteiger partial charge in [0, 0.05) is 30.6 Å². The summed E-state index contributed by atoms with van der Waals surface area (Å²) in [6.07, 6.45) is 0. The molecule has 4 aromatic rings. The molecule has 0 bridgehead atoms. The Balaban J connectivity index is 1.60. The van der Waals surface area contributed by atoms with E-state index in [1.165, 1.54) is 0 Å². The Labute approximate surface area is 211 Å². The van der Waals surface area contributed by atoms with E-state index in [2.05, 4.69) is 0 Å². The molecule has 2 aromatic carbocycles. The number of esters is 2. The molecule has 0 unspecified atom stereocenters. The smallest absolute Gasteiger partial charge is 0.347 e. The standard InChI is InChI=1S/C28H22O5S2/c1-15-21(13-23(34-15)17-5-9-19(31-3)10-6-17)25-26(28(30)33-27(25)29)22-14-24(35-16(22)2)18-7-11-20(32-4)12-8-18/h5-14H,1-4H3. The van der Waals surface area contributed by atoms with Crippen LogP contribution in [0.1, 0.15) is 20.9 Å². The van der Waals surface area contributed by atoms with E-state index in [1.54, 1.807) is 36.9 Å². The molecule has 3 heterocycles. The predicted molar refractivity (Wildman–Crippen MR) is 140 cm³/mol. The molecule has 0 saturated heterocycles. The Bertz CT molecular complexity index is 1360. The summed E-state index contributed by atoms with van der Waals surface area (Å²) in [5.74, 6) is 0.336. The molecular formula is C28H22O5S2. The van der Waals surface area contributed by atoms with Crippen molar-refractivity contribution in [3.05, 3.63) is 81.5 Å². The van der Waals surface area contributed by atoms with Crippen molar-refractivity contribution in [1.29, 1.82) is 0 Å². The molecule has 0 N–H and O–H groups in total. The molecule has 1 aliphatic heterocycles. The fraction of sp³-hybridized carbons (Fsp3) is 0.143. The second kappa shape index (κ2) is 9.17. The lowest BCUT2D eigenvalue weighted by atomic mass is 9.96. The van der Waals surface area contributed by atoms with E-state index in [1.807, 2.05) is 74.5 Å². The summed E-state index contributed by atoms with van der Waals surface area (Å²) >= 11 is 3.15. The SMILES string of the molecule is COc1ccc(-c2cc(C3=C(c4cc(-c5ccc(OC)cc5)sc4C)C(=O)OC3=O)c(C)s2)cc1. The minimum absolute atomic E-state index is 0.325. The predicted octanol–water partition coefficient (Wildman–Crippen LogP) is 6.77. The first-order valence-corrected chi connectivity index (χ1v) is 12.5. The average molecular weight is 503 g/mol. The van der Waals surface area contributed by atoms with Gasteiger partial charge in [0.05, 0.1) is 25.4 Å². The summed E-state index contributed by atoms with van der Waals surface area (Å²) in [7, 11) is 3.26. The lowest BCUT2D eigenvalue weighted by molar-refractivity contribution is -0.149. The summed E-state index contributed by atoms with van der Waals surface area (Å²) < 4.78 is 15.6. The Kier molecular flexibility index (Phi) is 6.05. The van der Waals surface area contributed by atoms with Crippen LogP contribution in [0.25, 0.3) is 32.0 Å². The van der Waals surface area contributed by atoms with Crippen LogP contribution in [0.15, 0.2) is 60.7 Å². The highest BCUT2D eigenvalue weighted by Crippen LogP contribution is 2.44. The van der Waals surface area contributed by atoms with Gasteiger partial charge in [-0.3, -0.25) is 0 Å². The number of methoxy groups -OCH3 is 2. The van der Waals surface area contributed by atoms with Crippen LogP contribution in [0.2, 0.25) is 0 Å². The number of thiophene rings is 2. The largest absolute Gasteiger partial charge is 0.497 e. The van der Waals surface area contributed by atoms with Crippen LogP contribution in [0.3, 0.4) is 0 Å². The number of ether oxygens (including phenoxy) is 3. The van der Waals surface area contributed by atoms with Crippen molar-refractivity contribution in [2.75, 3.05) is 14.2 Å². The molecule has 0 fully saturated rings. The topological polar surface area (TPSA) is 61.8 Å². The number of hydrogen-bond acceptors (Lipinski definition) is 7. The van der Waals surface area contributed by atoms with Gasteiger partial charge >= 0.3 is 11.9 Å². The lowest BCUT2D eigenvalue weighted by Crippen LogP contribution is -2.02. The number of carbonyl (C=O) groups excluding carboxylic acids is 2. The van der Waals surface area contributed by atoms with E-state index in [-0.39, 0.29) is 0 Å². The van der Waals surface area contributed by atoms with Gasteiger partial charge in [0.2, 0.25) is 0 Å². The van der Waals surface area contributed by atoms with Crippen LogP contribution in [0.4, 0.5) is 0 Å². The highest BCUT2D eigenvalue weighted by Gasteiger charge is 2.37. The Hall–Kier alpha value is -3.68. The zero-order valence-corrected chi connectivity index (χ0v) is 21.3. The summed E-state index contributed by atoms with van der Waals surface area (Å²) in [5.41, 5.74) is 4.12. The molecule has 5 rings (SSSR count). The average Bonchev–Trinajstić information content (AvgIpc) is 3.52. The van der Waals surface area contributed by atoms with Crippen molar-refractivity contribution in [1.82, 2.24) is 0 Å². The molecule has 1 aliphatic rings. The molecule has 0 radical (unpaired) electrons. The maximum Gasteiger partial charge on any atom is 0.347 e. The van der Waals surface area contributed by atoms with Crippen molar-refractivity contribution in [3.63, 3.8) is 0 Å². The van der Waals surface area contributed by atoms with E-state index >= 15 is 0 Å². The summed E-state index contributed by atoms with van der Waals surface area (Å²) in [6.45, 7) is 3.91. The summed E-state index contributed by atoms with van der Waals surface area (Å²) in [5, 5.41) is 0. The molecule has 0 atom stereocenters. The van der Waals surface area contributed by atoms with Crippen LogP contribution in [-0.2, 0) is 14.3 Å². The molecule has 176 valence electrons.